The van der Waals surface area contributed by atoms with E-state index in [1.165, 1.54) is 0 Å². The molecule has 0 atom stereocenters. The van der Waals surface area contributed by atoms with Gasteiger partial charge >= 0.3 is 0 Å². The van der Waals surface area contributed by atoms with Crippen molar-refractivity contribution in [3.63, 3.8) is 0 Å². The van der Waals surface area contributed by atoms with E-state index in [1.807, 2.05) is 7.05 Å². The van der Waals surface area contributed by atoms with Crippen LogP contribution in [0.3, 0.4) is 0 Å². The second-order valence-electron chi connectivity index (χ2n) is 2.78. The topological polar surface area (TPSA) is 38.7 Å². The van der Waals surface area contributed by atoms with Gasteiger partial charge in [0, 0.05) is 32.7 Å². The highest BCUT2D eigenvalue weighted by molar-refractivity contribution is 4.67. The molecule has 0 spiro atoms. The first-order valence-electron chi connectivity index (χ1n) is 4.12. The van der Waals surface area contributed by atoms with E-state index >= 15 is 0 Å². The molecule has 1 rings (SSSR count). The van der Waals surface area contributed by atoms with Gasteiger partial charge in [0.15, 0.2) is 0 Å². The van der Waals surface area contributed by atoms with Crippen LogP contribution in [0.2, 0.25) is 0 Å². The third kappa shape index (κ3) is 2.75. The minimum Gasteiger partial charge on any atom is -0.395 e. The number of aliphatic hydroxyl groups is 1. The molecule has 4 nitrogen and oxygen atoms in total. The second kappa shape index (κ2) is 4.66. The zero-order valence-corrected chi connectivity index (χ0v) is 7.08. The molecule has 1 fully saturated rings. The summed E-state index contributed by atoms with van der Waals surface area (Å²) in [6.07, 6.45) is 0. The first-order chi connectivity index (χ1) is 5.36. The quantitative estimate of drug-likeness (QED) is 0.538. The van der Waals surface area contributed by atoms with Crippen LogP contribution in [-0.2, 0) is 0 Å². The van der Waals surface area contributed by atoms with Crippen molar-refractivity contribution in [1.82, 2.24) is 15.3 Å². The van der Waals surface area contributed by atoms with Crippen molar-refractivity contribution in [3.05, 3.63) is 0 Å². The highest BCUT2D eigenvalue weighted by Crippen LogP contribution is 1.96. The van der Waals surface area contributed by atoms with E-state index in [0.717, 1.165) is 32.7 Å². The Morgan fingerprint density at radius 2 is 1.91 bits per heavy atom. The maximum atomic E-state index is 8.67. The number of piperazine rings is 1. The van der Waals surface area contributed by atoms with Crippen LogP contribution in [0.5, 0.6) is 0 Å². The highest BCUT2D eigenvalue weighted by atomic mass is 16.3. The van der Waals surface area contributed by atoms with E-state index in [2.05, 4.69) is 15.3 Å². The summed E-state index contributed by atoms with van der Waals surface area (Å²) in [6, 6.07) is 0. The molecule has 66 valence electrons. The molecule has 1 aliphatic heterocycles. The zero-order chi connectivity index (χ0) is 8.10. The molecule has 0 aromatic heterocycles. The molecular formula is C7H17N3O. The standard InChI is InChI=1S/C7H17N3O/c1-8-10-4-2-9(3-5-10)6-7-11/h8,11H,2-7H2,1H3. The molecule has 1 aliphatic rings. The molecule has 2 N–H and O–H groups in total. The minimum absolute atomic E-state index is 0.277. The molecular weight excluding hydrogens is 142 g/mol. The second-order valence-corrected chi connectivity index (χ2v) is 2.78. The van der Waals surface area contributed by atoms with Crippen molar-refractivity contribution in [3.8, 4) is 0 Å². The van der Waals surface area contributed by atoms with E-state index < -0.39 is 0 Å². The van der Waals surface area contributed by atoms with Gasteiger partial charge in [-0.05, 0) is 7.05 Å². The molecule has 0 saturated carbocycles. The number of aliphatic hydroxyl groups excluding tert-OH is 1. The van der Waals surface area contributed by atoms with E-state index in [1.54, 1.807) is 0 Å². The van der Waals surface area contributed by atoms with Crippen LogP contribution >= 0.6 is 0 Å². The molecule has 0 aliphatic carbocycles. The number of nitrogens with zero attached hydrogens (tertiary/aromatic N) is 2. The summed E-state index contributed by atoms with van der Waals surface area (Å²) in [6.45, 7) is 5.31. The number of hydrazine groups is 1. The van der Waals surface area contributed by atoms with Gasteiger partial charge in [-0.2, -0.15) is 0 Å². The van der Waals surface area contributed by atoms with Gasteiger partial charge in [-0.1, -0.05) is 0 Å². The van der Waals surface area contributed by atoms with Gasteiger partial charge in [-0.25, -0.2) is 5.01 Å². The Morgan fingerprint density at radius 3 is 2.36 bits per heavy atom. The molecule has 0 bridgehead atoms. The summed E-state index contributed by atoms with van der Waals surface area (Å²) >= 11 is 0. The predicted octanol–water partition coefficient (Wildman–Crippen LogP) is -1.27. The lowest BCUT2D eigenvalue weighted by Gasteiger charge is -2.33. The SMILES string of the molecule is CNN1CCN(CCO)CC1. The van der Waals surface area contributed by atoms with Gasteiger partial charge in [0.05, 0.1) is 6.61 Å². The van der Waals surface area contributed by atoms with E-state index in [4.69, 9.17) is 5.11 Å². The van der Waals surface area contributed by atoms with Crippen LogP contribution in [0, 0.1) is 0 Å². The number of hydrogen-bond donors (Lipinski definition) is 2. The van der Waals surface area contributed by atoms with Crippen molar-refractivity contribution >= 4 is 0 Å². The van der Waals surface area contributed by atoms with Gasteiger partial charge in [-0.15, -0.1) is 0 Å². The number of rotatable bonds is 3. The van der Waals surface area contributed by atoms with Crippen molar-refractivity contribution in [2.45, 2.75) is 0 Å². The lowest BCUT2D eigenvalue weighted by molar-refractivity contribution is 0.0859. The monoisotopic (exact) mass is 159 g/mol. The Hall–Kier alpha value is -0.160. The first kappa shape index (κ1) is 8.93. The molecule has 0 aromatic rings. The number of hydrogen-bond acceptors (Lipinski definition) is 4. The maximum Gasteiger partial charge on any atom is 0.0558 e. The fourth-order valence-corrected chi connectivity index (χ4v) is 1.34. The Labute approximate surface area is 67.8 Å². The van der Waals surface area contributed by atoms with Crippen LogP contribution in [0.15, 0.2) is 0 Å². The van der Waals surface area contributed by atoms with Gasteiger partial charge in [0.25, 0.3) is 0 Å². The fraction of sp³-hybridized carbons (Fsp3) is 1.00. The Bertz CT molecular complexity index is 102. The summed E-state index contributed by atoms with van der Waals surface area (Å²) in [5, 5.41) is 10.9. The van der Waals surface area contributed by atoms with E-state index in [9.17, 15) is 0 Å². The van der Waals surface area contributed by atoms with Crippen molar-refractivity contribution in [2.75, 3.05) is 46.4 Å². The van der Waals surface area contributed by atoms with Gasteiger partial charge in [0.1, 0.15) is 0 Å². The maximum absolute atomic E-state index is 8.67. The van der Waals surface area contributed by atoms with E-state index in [0.29, 0.717) is 0 Å². The summed E-state index contributed by atoms with van der Waals surface area (Å²) in [4.78, 5) is 2.27. The Kier molecular flexibility index (Phi) is 3.79. The Morgan fingerprint density at radius 1 is 1.27 bits per heavy atom. The van der Waals surface area contributed by atoms with Crippen LogP contribution in [0.25, 0.3) is 0 Å². The molecule has 1 saturated heterocycles. The van der Waals surface area contributed by atoms with Crippen LogP contribution in [-0.4, -0.2) is 61.4 Å². The average Bonchev–Trinajstić information content (AvgIpc) is 2.07. The van der Waals surface area contributed by atoms with Crippen LogP contribution in [0.4, 0.5) is 0 Å². The number of β-amino-alcohol motifs (C(OH)–C–C–N with tert-alkyl or cyclic N) is 1. The first-order valence-corrected chi connectivity index (χ1v) is 4.12. The lowest BCUT2D eigenvalue weighted by atomic mass is 10.3. The molecule has 0 radical (unpaired) electrons. The van der Waals surface area contributed by atoms with Gasteiger partial charge in [-0.3, -0.25) is 10.3 Å². The zero-order valence-electron chi connectivity index (χ0n) is 7.08. The molecule has 11 heavy (non-hydrogen) atoms. The lowest BCUT2D eigenvalue weighted by Crippen LogP contribution is -2.51. The largest absolute Gasteiger partial charge is 0.395 e. The summed E-state index contributed by atoms with van der Waals surface area (Å²) in [5.74, 6) is 0. The Balaban J connectivity index is 2.14. The van der Waals surface area contributed by atoms with E-state index in [-0.39, 0.29) is 6.61 Å². The molecule has 0 aromatic carbocycles. The highest BCUT2D eigenvalue weighted by Gasteiger charge is 2.13. The third-order valence-electron chi connectivity index (χ3n) is 2.10. The number of nitrogens with one attached hydrogen (secondary N) is 1. The summed E-state index contributed by atoms with van der Waals surface area (Å²) in [5.41, 5.74) is 3.11. The van der Waals surface area contributed by atoms with Crippen molar-refractivity contribution < 1.29 is 5.11 Å². The molecule has 1 heterocycles. The van der Waals surface area contributed by atoms with Crippen molar-refractivity contribution in [2.24, 2.45) is 0 Å². The average molecular weight is 159 g/mol. The minimum atomic E-state index is 0.277. The normalized spacial score (nSPS) is 22.4. The smallest absolute Gasteiger partial charge is 0.0558 e. The van der Waals surface area contributed by atoms with Crippen LogP contribution < -0.4 is 5.43 Å². The fourth-order valence-electron chi connectivity index (χ4n) is 1.34. The third-order valence-corrected chi connectivity index (χ3v) is 2.10. The summed E-state index contributed by atoms with van der Waals surface area (Å²) in [7, 11) is 1.95. The van der Waals surface area contributed by atoms with Gasteiger partial charge in [0.2, 0.25) is 0 Å². The molecule has 0 unspecified atom stereocenters. The molecule has 4 heteroatoms. The van der Waals surface area contributed by atoms with Crippen molar-refractivity contribution in [1.29, 1.82) is 0 Å². The van der Waals surface area contributed by atoms with Crippen LogP contribution in [0.1, 0.15) is 0 Å². The predicted molar refractivity (Wildman–Crippen MR) is 44.2 cm³/mol. The molecule has 0 amide bonds. The van der Waals surface area contributed by atoms with Gasteiger partial charge < -0.3 is 5.11 Å². The summed E-state index contributed by atoms with van der Waals surface area (Å²) < 4.78 is 0.